The van der Waals surface area contributed by atoms with Gasteiger partial charge in [0.1, 0.15) is 5.02 Å². The molecule has 2 heterocycles. The zero-order chi connectivity index (χ0) is 22.1. The summed E-state index contributed by atoms with van der Waals surface area (Å²) >= 11 is 7.03. The van der Waals surface area contributed by atoms with Crippen molar-refractivity contribution >= 4 is 55.8 Å². The number of fused-ring (bicyclic) bond motifs is 1. The molecule has 1 N–H and O–H groups in total. The molecule has 0 unspecified atom stereocenters. The molecule has 0 aliphatic carbocycles. The lowest BCUT2D eigenvalue weighted by atomic mass is 10.1. The summed E-state index contributed by atoms with van der Waals surface area (Å²) in [7, 11) is 2.03. The topological polar surface area (TPSA) is 109 Å². The van der Waals surface area contributed by atoms with Crippen molar-refractivity contribution in [1.29, 1.82) is 0 Å². The molecule has 1 saturated heterocycles. The molecule has 0 bridgehead atoms. The Morgan fingerprint density at radius 1 is 1.13 bits per heavy atom. The van der Waals surface area contributed by atoms with E-state index in [0.29, 0.717) is 29.3 Å². The quantitative estimate of drug-likeness (QED) is 0.472. The first-order chi connectivity index (χ1) is 14.8. The van der Waals surface area contributed by atoms with Crippen LogP contribution < -0.4 is 5.32 Å². The van der Waals surface area contributed by atoms with E-state index in [0.717, 1.165) is 23.9 Å². The van der Waals surface area contributed by atoms with Crippen LogP contribution in [0.1, 0.15) is 20.7 Å². The molecular weight excluding hydrogens is 442 g/mol. The van der Waals surface area contributed by atoms with Gasteiger partial charge in [0, 0.05) is 43.4 Å². The maximum atomic E-state index is 12.8. The van der Waals surface area contributed by atoms with E-state index >= 15 is 0 Å². The van der Waals surface area contributed by atoms with E-state index in [-0.39, 0.29) is 22.2 Å². The summed E-state index contributed by atoms with van der Waals surface area (Å²) in [4.78, 5) is 44.1. The van der Waals surface area contributed by atoms with E-state index in [1.54, 1.807) is 18.2 Å². The first-order valence-electron chi connectivity index (χ1n) is 9.45. The van der Waals surface area contributed by atoms with E-state index < -0.39 is 10.8 Å². The van der Waals surface area contributed by atoms with Crippen LogP contribution in [0.5, 0.6) is 0 Å². The fraction of sp³-hybridized carbons (Fsp3) is 0.250. The number of likely N-dealkylation sites (N-methyl/N-ethyl adjacent to an activating group) is 1. The van der Waals surface area contributed by atoms with Gasteiger partial charge >= 0.3 is 0 Å². The Morgan fingerprint density at radius 3 is 2.55 bits per heavy atom. The Balaban J connectivity index is 1.52. The van der Waals surface area contributed by atoms with Crippen molar-refractivity contribution in [2.24, 2.45) is 0 Å². The summed E-state index contributed by atoms with van der Waals surface area (Å²) in [6.45, 7) is 3.05. The fourth-order valence-corrected chi connectivity index (χ4v) is 4.35. The monoisotopic (exact) mass is 459 g/mol. The molecule has 1 aromatic heterocycles. The predicted molar refractivity (Wildman–Crippen MR) is 119 cm³/mol. The molecule has 1 aliphatic rings. The summed E-state index contributed by atoms with van der Waals surface area (Å²) in [5.41, 5.74) is 0.983. The average Bonchev–Trinajstić information content (AvgIpc) is 3.15. The van der Waals surface area contributed by atoms with Crippen molar-refractivity contribution < 1.29 is 14.5 Å². The molecule has 1 aliphatic heterocycles. The minimum atomic E-state index is -0.643. The number of rotatable bonds is 4. The molecule has 9 nitrogen and oxygen atoms in total. The Labute approximate surface area is 186 Å². The van der Waals surface area contributed by atoms with Gasteiger partial charge in [-0.1, -0.05) is 22.9 Å². The van der Waals surface area contributed by atoms with Crippen molar-refractivity contribution in [1.82, 2.24) is 14.8 Å². The van der Waals surface area contributed by atoms with E-state index in [4.69, 9.17) is 11.6 Å². The molecule has 2 amide bonds. The van der Waals surface area contributed by atoms with E-state index in [2.05, 4.69) is 15.2 Å². The number of nitro benzene ring substituents is 1. The average molecular weight is 460 g/mol. The highest BCUT2D eigenvalue weighted by atomic mass is 35.5. The molecule has 0 atom stereocenters. The van der Waals surface area contributed by atoms with Gasteiger partial charge in [-0.15, -0.1) is 0 Å². The number of halogens is 1. The van der Waals surface area contributed by atoms with Crippen LogP contribution in [0.15, 0.2) is 36.4 Å². The second-order valence-electron chi connectivity index (χ2n) is 7.17. The van der Waals surface area contributed by atoms with Crippen molar-refractivity contribution in [3.8, 4) is 0 Å². The predicted octanol–water partition coefficient (Wildman–Crippen LogP) is 3.50. The summed E-state index contributed by atoms with van der Waals surface area (Å²) in [6, 6.07) is 9.09. The number of hydrogen-bond acceptors (Lipinski definition) is 7. The van der Waals surface area contributed by atoms with Crippen LogP contribution >= 0.6 is 22.9 Å². The van der Waals surface area contributed by atoms with Gasteiger partial charge in [-0.2, -0.15) is 0 Å². The third-order valence-corrected chi connectivity index (χ3v) is 6.30. The third-order valence-electron chi connectivity index (χ3n) is 5.05. The van der Waals surface area contributed by atoms with Crippen molar-refractivity contribution in [3.05, 3.63) is 62.7 Å². The smallest absolute Gasteiger partial charge is 0.288 e. The zero-order valence-electron chi connectivity index (χ0n) is 16.5. The highest BCUT2D eigenvalue weighted by Gasteiger charge is 2.21. The van der Waals surface area contributed by atoms with Gasteiger partial charge in [0.15, 0.2) is 5.13 Å². The standard InChI is InChI=1S/C20H18ClN5O4S/c1-24-6-8-25(9-7-24)19(28)13-3-5-15-17(11-13)31-20(22-15)23-18(27)12-2-4-14(21)16(10-12)26(29)30/h2-5,10-11H,6-9H2,1H3,(H,22,23,27). The number of anilines is 1. The van der Waals surface area contributed by atoms with Crippen LogP contribution in [0.2, 0.25) is 5.02 Å². The summed E-state index contributed by atoms with van der Waals surface area (Å²) in [6.07, 6.45) is 0. The van der Waals surface area contributed by atoms with E-state index in [1.807, 2.05) is 11.9 Å². The minimum absolute atomic E-state index is 0.0255. The number of piperazine rings is 1. The summed E-state index contributed by atoms with van der Waals surface area (Å²) < 4.78 is 0.761. The van der Waals surface area contributed by atoms with Crippen molar-refractivity contribution in [2.75, 3.05) is 38.5 Å². The molecule has 0 saturated carbocycles. The maximum Gasteiger partial charge on any atom is 0.288 e. The molecule has 11 heteroatoms. The van der Waals surface area contributed by atoms with Crippen LogP contribution in [0, 0.1) is 10.1 Å². The Morgan fingerprint density at radius 2 is 1.84 bits per heavy atom. The van der Waals surface area contributed by atoms with E-state index in [1.165, 1.54) is 23.5 Å². The lowest BCUT2D eigenvalue weighted by molar-refractivity contribution is -0.384. The highest BCUT2D eigenvalue weighted by molar-refractivity contribution is 7.22. The lowest BCUT2D eigenvalue weighted by Crippen LogP contribution is -2.47. The van der Waals surface area contributed by atoms with Gasteiger partial charge < -0.3 is 9.80 Å². The number of nitrogens with zero attached hydrogens (tertiary/aromatic N) is 4. The number of nitrogens with one attached hydrogen (secondary N) is 1. The number of carbonyl (C=O) groups is 2. The van der Waals surface area contributed by atoms with Crippen LogP contribution in [0.25, 0.3) is 10.2 Å². The van der Waals surface area contributed by atoms with Gasteiger partial charge in [0.2, 0.25) is 0 Å². The van der Waals surface area contributed by atoms with Crippen molar-refractivity contribution in [2.45, 2.75) is 0 Å². The van der Waals surface area contributed by atoms with Crippen molar-refractivity contribution in [3.63, 3.8) is 0 Å². The highest BCUT2D eigenvalue weighted by Crippen LogP contribution is 2.29. The SMILES string of the molecule is CN1CCN(C(=O)c2ccc3nc(NC(=O)c4ccc(Cl)c([N+](=O)[O-])c4)sc3c2)CC1. The Hall–Kier alpha value is -3.08. The number of aromatic nitrogens is 1. The lowest BCUT2D eigenvalue weighted by Gasteiger charge is -2.32. The number of amides is 2. The van der Waals surface area contributed by atoms with Crippen LogP contribution in [0.4, 0.5) is 10.8 Å². The molecule has 0 spiro atoms. The fourth-order valence-electron chi connectivity index (χ4n) is 3.27. The molecule has 160 valence electrons. The van der Waals surface area contributed by atoms with Crippen LogP contribution in [-0.2, 0) is 0 Å². The molecule has 2 aromatic carbocycles. The molecule has 3 aromatic rings. The van der Waals surface area contributed by atoms with Gasteiger partial charge in [-0.3, -0.25) is 25.0 Å². The molecular formula is C20H18ClN5O4S. The molecule has 4 rings (SSSR count). The van der Waals surface area contributed by atoms with Crippen LogP contribution in [-0.4, -0.2) is 64.7 Å². The molecule has 31 heavy (non-hydrogen) atoms. The third kappa shape index (κ3) is 4.50. The number of benzene rings is 2. The van der Waals surface area contributed by atoms with Crippen LogP contribution in [0.3, 0.4) is 0 Å². The first kappa shape index (κ1) is 21.2. The second-order valence-corrected chi connectivity index (χ2v) is 8.61. The zero-order valence-corrected chi connectivity index (χ0v) is 18.1. The maximum absolute atomic E-state index is 12.8. The Kier molecular flexibility index (Phi) is 5.86. The summed E-state index contributed by atoms with van der Waals surface area (Å²) in [5, 5.41) is 14.0. The largest absolute Gasteiger partial charge is 0.336 e. The van der Waals surface area contributed by atoms with Gasteiger partial charge in [0.05, 0.1) is 15.1 Å². The molecule has 0 radical (unpaired) electrons. The number of carbonyl (C=O) groups excluding carboxylic acids is 2. The van der Waals surface area contributed by atoms with E-state index in [9.17, 15) is 19.7 Å². The molecule has 1 fully saturated rings. The number of thiazole rings is 1. The Bertz CT molecular complexity index is 1190. The number of hydrogen-bond donors (Lipinski definition) is 1. The number of nitro groups is 1. The van der Waals surface area contributed by atoms with Gasteiger partial charge in [-0.25, -0.2) is 4.98 Å². The van der Waals surface area contributed by atoms with Gasteiger partial charge in [-0.05, 0) is 37.4 Å². The normalized spacial score (nSPS) is 14.6. The van der Waals surface area contributed by atoms with Gasteiger partial charge in [0.25, 0.3) is 17.5 Å². The minimum Gasteiger partial charge on any atom is -0.336 e. The summed E-state index contributed by atoms with van der Waals surface area (Å²) in [5.74, 6) is -0.560. The first-order valence-corrected chi connectivity index (χ1v) is 10.6. The second kappa shape index (κ2) is 8.58.